The molecule has 1 aliphatic rings. The summed E-state index contributed by atoms with van der Waals surface area (Å²) >= 11 is 0. The SMILES string of the molecule is Cc1noc(C)c1C(C)CC(=O)NCC1(O)CCCC1. The predicted octanol–water partition coefficient (Wildman–Crippen LogP) is 2.21. The van der Waals surface area contributed by atoms with Gasteiger partial charge in [-0.2, -0.15) is 0 Å². The zero-order chi connectivity index (χ0) is 14.8. The van der Waals surface area contributed by atoms with E-state index >= 15 is 0 Å². The van der Waals surface area contributed by atoms with Gasteiger partial charge in [-0.1, -0.05) is 24.9 Å². The summed E-state index contributed by atoms with van der Waals surface area (Å²) in [5.74, 6) is 0.814. The lowest BCUT2D eigenvalue weighted by Gasteiger charge is -2.22. The van der Waals surface area contributed by atoms with Crippen molar-refractivity contribution in [1.82, 2.24) is 10.5 Å². The second-order valence-corrected chi connectivity index (χ2v) is 6.05. The molecule has 0 radical (unpaired) electrons. The molecule has 1 aromatic heterocycles. The summed E-state index contributed by atoms with van der Waals surface area (Å²) < 4.78 is 5.13. The highest BCUT2D eigenvalue weighted by Gasteiger charge is 2.31. The van der Waals surface area contributed by atoms with Crippen molar-refractivity contribution in [3.05, 3.63) is 17.0 Å². The quantitative estimate of drug-likeness (QED) is 0.867. The third-order valence-electron chi connectivity index (χ3n) is 4.22. The van der Waals surface area contributed by atoms with Crippen LogP contribution in [0, 0.1) is 13.8 Å². The van der Waals surface area contributed by atoms with E-state index in [0.29, 0.717) is 13.0 Å². The van der Waals surface area contributed by atoms with Crippen LogP contribution in [0.3, 0.4) is 0 Å². The van der Waals surface area contributed by atoms with E-state index in [4.69, 9.17) is 4.52 Å². The molecule has 1 saturated carbocycles. The molecule has 1 aromatic rings. The van der Waals surface area contributed by atoms with E-state index in [2.05, 4.69) is 10.5 Å². The number of nitrogens with zero attached hydrogens (tertiary/aromatic N) is 1. The lowest BCUT2D eigenvalue weighted by molar-refractivity contribution is -0.122. The van der Waals surface area contributed by atoms with Gasteiger partial charge < -0.3 is 14.9 Å². The summed E-state index contributed by atoms with van der Waals surface area (Å²) in [4.78, 5) is 12.0. The highest BCUT2D eigenvalue weighted by atomic mass is 16.5. The smallest absolute Gasteiger partial charge is 0.220 e. The molecular formula is C15H24N2O3. The highest BCUT2D eigenvalue weighted by Crippen LogP contribution is 2.29. The normalized spacial score (nSPS) is 19.0. The van der Waals surface area contributed by atoms with Crippen molar-refractivity contribution in [2.75, 3.05) is 6.54 Å². The second-order valence-electron chi connectivity index (χ2n) is 6.05. The minimum atomic E-state index is -0.693. The lowest BCUT2D eigenvalue weighted by atomic mass is 9.95. The van der Waals surface area contributed by atoms with Gasteiger partial charge in [0, 0.05) is 18.5 Å². The minimum absolute atomic E-state index is 0.0298. The molecule has 20 heavy (non-hydrogen) atoms. The average molecular weight is 280 g/mol. The number of aliphatic hydroxyl groups is 1. The van der Waals surface area contributed by atoms with Crippen LogP contribution in [-0.2, 0) is 4.79 Å². The molecule has 112 valence electrons. The van der Waals surface area contributed by atoms with Crippen LogP contribution in [0.2, 0.25) is 0 Å². The first-order valence-corrected chi connectivity index (χ1v) is 7.33. The fourth-order valence-electron chi connectivity index (χ4n) is 3.12. The third kappa shape index (κ3) is 3.39. The van der Waals surface area contributed by atoms with Gasteiger partial charge in [-0.25, -0.2) is 0 Å². The van der Waals surface area contributed by atoms with Crippen LogP contribution in [0.15, 0.2) is 4.52 Å². The number of hydrogen-bond donors (Lipinski definition) is 2. The molecule has 0 aliphatic heterocycles. The van der Waals surface area contributed by atoms with Gasteiger partial charge in [0.15, 0.2) is 0 Å². The minimum Gasteiger partial charge on any atom is -0.388 e. The Bertz CT molecular complexity index is 456. The first-order chi connectivity index (χ1) is 9.41. The van der Waals surface area contributed by atoms with E-state index in [0.717, 1.165) is 42.7 Å². The van der Waals surface area contributed by atoms with Crippen LogP contribution in [-0.4, -0.2) is 28.3 Å². The molecule has 1 fully saturated rings. The Hall–Kier alpha value is -1.36. The fourth-order valence-corrected chi connectivity index (χ4v) is 3.12. The van der Waals surface area contributed by atoms with Gasteiger partial charge in [-0.3, -0.25) is 4.79 Å². The molecule has 5 nitrogen and oxygen atoms in total. The number of rotatable bonds is 5. The van der Waals surface area contributed by atoms with E-state index in [1.807, 2.05) is 20.8 Å². The number of nitrogens with one attached hydrogen (secondary N) is 1. The number of carbonyl (C=O) groups excluding carboxylic acids is 1. The molecule has 1 aliphatic carbocycles. The molecule has 5 heteroatoms. The van der Waals surface area contributed by atoms with Crippen LogP contribution < -0.4 is 5.32 Å². The first kappa shape index (κ1) is 15.0. The third-order valence-corrected chi connectivity index (χ3v) is 4.22. The summed E-state index contributed by atoms with van der Waals surface area (Å²) in [6, 6.07) is 0. The largest absolute Gasteiger partial charge is 0.388 e. The van der Waals surface area contributed by atoms with Crippen molar-refractivity contribution in [3.63, 3.8) is 0 Å². The molecule has 0 bridgehead atoms. The van der Waals surface area contributed by atoms with Gasteiger partial charge >= 0.3 is 0 Å². The van der Waals surface area contributed by atoms with E-state index in [1.54, 1.807) is 0 Å². The molecule has 1 heterocycles. The molecule has 0 aromatic carbocycles. The summed E-state index contributed by atoms with van der Waals surface area (Å²) in [6.07, 6.45) is 4.04. The van der Waals surface area contributed by atoms with E-state index in [-0.39, 0.29) is 11.8 Å². The van der Waals surface area contributed by atoms with Crippen molar-refractivity contribution in [3.8, 4) is 0 Å². The maximum atomic E-state index is 12.0. The van der Waals surface area contributed by atoms with Crippen LogP contribution in [0.4, 0.5) is 0 Å². The Labute approximate surface area is 119 Å². The summed E-state index contributed by atoms with van der Waals surface area (Å²) in [5, 5.41) is 17.0. The predicted molar refractivity (Wildman–Crippen MR) is 75.4 cm³/mol. The Balaban J connectivity index is 1.85. The highest BCUT2D eigenvalue weighted by molar-refractivity contribution is 5.77. The van der Waals surface area contributed by atoms with Crippen LogP contribution >= 0.6 is 0 Å². The first-order valence-electron chi connectivity index (χ1n) is 7.33. The zero-order valence-electron chi connectivity index (χ0n) is 12.5. The van der Waals surface area contributed by atoms with E-state index in [1.165, 1.54) is 0 Å². The Morgan fingerprint density at radius 2 is 2.10 bits per heavy atom. The number of aryl methyl sites for hydroxylation is 2. The topological polar surface area (TPSA) is 75.4 Å². The Morgan fingerprint density at radius 3 is 2.65 bits per heavy atom. The summed E-state index contributed by atoms with van der Waals surface area (Å²) in [6.45, 7) is 6.11. The molecule has 1 unspecified atom stereocenters. The van der Waals surface area contributed by atoms with Gasteiger partial charge in [0.25, 0.3) is 0 Å². The van der Waals surface area contributed by atoms with Crippen molar-refractivity contribution in [1.29, 1.82) is 0 Å². The lowest BCUT2D eigenvalue weighted by Crippen LogP contribution is -2.41. The summed E-state index contributed by atoms with van der Waals surface area (Å²) in [5.41, 5.74) is 1.17. The summed E-state index contributed by atoms with van der Waals surface area (Å²) in [7, 11) is 0. The number of hydrogen-bond acceptors (Lipinski definition) is 4. The van der Waals surface area contributed by atoms with Crippen LogP contribution in [0.5, 0.6) is 0 Å². The van der Waals surface area contributed by atoms with Gasteiger partial charge in [0.05, 0.1) is 11.3 Å². The van der Waals surface area contributed by atoms with Gasteiger partial charge in [-0.05, 0) is 32.6 Å². The Kier molecular flexibility index (Phi) is 4.48. The standard InChI is InChI=1S/C15H24N2O3/c1-10(14-11(2)17-20-12(14)3)8-13(18)16-9-15(19)6-4-5-7-15/h10,19H,4-9H2,1-3H3,(H,16,18). The molecule has 1 atom stereocenters. The van der Waals surface area contributed by atoms with Crippen LogP contribution in [0.25, 0.3) is 0 Å². The molecular weight excluding hydrogens is 256 g/mol. The van der Waals surface area contributed by atoms with Gasteiger partial charge in [0.2, 0.25) is 5.91 Å². The van der Waals surface area contributed by atoms with Crippen molar-refractivity contribution in [2.45, 2.75) is 64.4 Å². The molecule has 0 spiro atoms. The van der Waals surface area contributed by atoms with E-state index < -0.39 is 5.60 Å². The monoisotopic (exact) mass is 280 g/mol. The van der Waals surface area contributed by atoms with E-state index in [9.17, 15) is 9.90 Å². The van der Waals surface area contributed by atoms with Crippen LogP contribution in [0.1, 0.15) is 62.0 Å². The maximum Gasteiger partial charge on any atom is 0.220 e. The van der Waals surface area contributed by atoms with Crippen molar-refractivity contribution >= 4 is 5.91 Å². The molecule has 1 amide bonds. The molecule has 2 N–H and O–H groups in total. The molecule has 0 saturated heterocycles. The number of carbonyl (C=O) groups is 1. The number of amides is 1. The van der Waals surface area contributed by atoms with Crippen molar-refractivity contribution < 1.29 is 14.4 Å². The average Bonchev–Trinajstić information content (AvgIpc) is 2.95. The van der Waals surface area contributed by atoms with Gasteiger partial charge in [0.1, 0.15) is 5.76 Å². The molecule has 2 rings (SSSR count). The van der Waals surface area contributed by atoms with Gasteiger partial charge in [-0.15, -0.1) is 0 Å². The Morgan fingerprint density at radius 1 is 1.45 bits per heavy atom. The van der Waals surface area contributed by atoms with Crippen molar-refractivity contribution in [2.24, 2.45) is 0 Å². The second kappa shape index (κ2) is 5.95. The fraction of sp³-hybridized carbons (Fsp3) is 0.733. The number of aromatic nitrogens is 1. The maximum absolute atomic E-state index is 12.0. The zero-order valence-corrected chi connectivity index (χ0v) is 12.5.